The summed E-state index contributed by atoms with van der Waals surface area (Å²) in [6.45, 7) is 0. The number of hydrogen-bond acceptors (Lipinski definition) is 7. The highest BCUT2D eigenvalue weighted by atomic mass is 33.1. The minimum absolute atomic E-state index is 0.128. The molecule has 136 valence electrons. The molecule has 0 spiro atoms. The molecule has 0 bridgehead atoms. The Morgan fingerprint density at radius 3 is 2.52 bits per heavy atom. The van der Waals surface area contributed by atoms with Gasteiger partial charge in [-0.2, -0.15) is 0 Å². The molecule has 2 rings (SSSR count). The highest BCUT2D eigenvalue weighted by Gasteiger charge is 2.32. The molecule has 1 aliphatic rings. The predicted molar refractivity (Wildman–Crippen MR) is 97.4 cm³/mol. The Morgan fingerprint density at radius 2 is 1.80 bits per heavy atom. The fraction of sp³-hybridized carbons (Fsp3) is 0.529. The van der Waals surface area contributed by atoms with E-state index >= 15 is 0 Å². The van der Waals surface area contributed by atoms with E-state index in [0.29, 0.717) is 11.5 Å². The SMILES string of the molecule is O=C(CCCCCCCSSc1ccccn1)ON1C(=O)CCC1=O. The smallest absolute Gasteiger partial charge is 0.330 e. The van der Waals surface area contributed by atoms with Crippen LogP contribution in [0.5, 0.6) is 0 Å². The zero-order valence-corrected chi connectivity index (χ0v) is 15.7. The van der Waals surface area contributed by atoms with Crippen molar-refractivity contribution in [1.29, 1.82) is 0 Å². The van der Waals surface area contributed by atoms with Gasteiger partial charge < -0.3 is 4.84 Å². The lowest BCUT2D eigenvalue weighted by Crippen LogP contribution is -2.31. The van der Waals surface area contributed by atoms with E-state index in [1.54, 1.807) is 27.8 Å². The van der Waals surface area contributed by atoms with E-state index in [9.17, 15) is 14.4 Å². The highest BCUT2D eigenvalue weighted by molar-refractivity contribution is 8.76. The number of hydroxylamine groups is 2. The van der Waals surface area contributed by atoms with Crippen LogP contribution in [0.3, 0.4) is 0 Å². The molecule has 1 aliphatic heterocycles. The van der Waals surface area contributed by atoms with Gasteiger partial charge in [-0.05, 0) is 35.8 Å². The van der Waals surface area contributed by atoms with Gasteiger partial charge >= 0.3 is 5.97 Å². The van der Waals surface area contributed by atoms with E-state index in [-0.39, 0.29) is 19.3 Å². The molecule has 8 heteroatoms. The fourth-order valence-electron chi connectivity index (χ4n) is 2.26. The van der Waals surface area contributed by atoms with Gasteiger partial charge in [-0.1, -0.05) is 36.1 Å². The molecule has 2 heterocycles. The van der Waals surface area contributed by atoms with E-state index < -0.39 is 17.8 Å². The Labute approximate surface area is 155 Å². The van der Waals surface area contributed by atoms with Crippen LogP contribution in [0.1, 0.15) is 51.4 Å². The van der Waals surface area contributed by atoms with Crippen LogP contribution < -0.4 is 0 Å². The van der Waals surface area contributed by atoms with Gasteiger partial charge in [0.25, 0.3) is 11.8 Å². The normalized spacial score (nSPS) is 14.2. The van der Waals surface area contributed by atoms with Gasteiger partial charge in [0.05, 0.1) is 0 Å². The van der Waals surface area contributed by atoms with Crippen molar-refractivity contribution in [1.82, 2.24) is 10.0 Å². The maximum absolute atomic E-state index is 11.6. The van der Waals surface area contributed by atoms with E-state index in [1.165, 1.54) is 0 Å². The van der Waals surface area contributed by atoms with Gasteiger partial charge in [0.1, 0.15) is 5.03 Å². The first kappa shape index (κ1) is 19.8. The van der Waals surface area contributed by atoms with Crippen LogP contribution in [-0.4, -0.2) is 33.6 Å². The molecule has 1 aromatic heterocycles. The van der Waals surface area contributed by atoms with Crippen molar-refractivity contribution >= 4 is 39.4 Å². The number of carbonyl (C=O) groups excluding carboxylic acids is 3. The zero-order chi connectivity index (χ0) is 17.9. The second-order valence-corrected chi connectivity index (χ2v) is 8.07. The lowest BCUT2D eigenvalue weighted by molar-refractivity contribution is -0.197. The number of amides is 2. The largest absolute Gasteiger partial charge is 0.333 e. The lowest BCUT2D eigenvalue weighted by atomic mass is 10.1. The van der Waals surface area contributed by atoms with E-state index in [4.69, 9.17) is 4.84 Å². The quantitative estimate of drug-likeness (QED) is 0.327. The van der Waals surface area contributed by atoms with Gasteiger partial charge in [0.15, 0.2) is 0 Å². The summed E-state index contributed by atoms with van der Waals surface area (Å²) in [5.74, 6) is -0.299. The van der Waals surface area contributed by atoms with Crippen LogP contribution in [-0.2, 0) is 19.2 Å². The summed E-state index contributed by atoms with van der Waals surface area (Å²) < 4.78 is 0. The highest BCUT2D eigenvalue weighted by Crippen LogP contribution is 2.29. The Kier molecular flexibility index (Phi) is 8.82. The summed E-state index contributed by atoms with van der Waals surface area (Å²) in [7, 11) is 3.50. The number of imide groups is 1. The third-order valence-electron chi connectivity index (χ3n) is 3.59. The minimum Gasteiger partial charge on any atom is -0.330 e. The Hall–Kier alpha value is -1.54. The van der Waals surface area contributed by atoms with Crippen LogP contribution in [0.25, 0.3) is 0 Å². The van der Waals surface area contributed by atoms with Crippen LogP contribution in [0, 0.1) is 0 Å². The topological polar surface area (TPSA) is 76.6 Å². The molecule has 25 heavy (non-hydrogen) atoms. The molecular formula is C17H22N2O4S2. The maximum Gasteiger partial charge on any atom is 0.333 e. The minimum atomic E-state index is -0.508. The first-order chi connectivity index (χ1) is 12.2. The Bertz CT molecular complexity index is 567. The first-order valence-electron chi connectivity index (χ1n) is 8.44. The summed E-state index contributed by atoms with van der Waals surface area (Å²) in [6.07, 6.45) is 7.25. The molecule has 0 N–H and O–H groups in total. The molecule has 1 fully saturated rings. The second kappa shape index (κ2) is 11.1. The molecule has 0 aliphatic carbocycles. The van der Waals surface area contributed by atoms with E-state index in [2.05, 4.69) is 4.98 Å². The molecule has 2 amide bonds. The maximum atomic E-state index is 11.6. The van der Waals surface area contributed by atoms with Gasteiger partial charge in [-0.3, -0.25) is 9.59 Å². The summed E-state index contributed by atoms with van der Waals surface area (Å²) in [6, 6.07) is 5.89. The molecule has 1 aromatic rings. The first-order valence-corrected chi connectivity index (χ1v) is 10.8. The van der Waals surface area contributed by atoms with Gasteiger partial charge in [-0.25, -0.2) is 9.78 Å². The van der Waals surface area contributed by atoms with Crippen molar-refractivity contribution in [3.8, 4) is 0 Å². The van der Waals surface area contributed by atoms with Gasteiger partial charge in [-0.15, -0.1) is 5.06 Å². The molecule has 0 saturated carbocycles. The molecule has 1 saturated heterocycles. The van der Waals surface area contributed by atoms with Crippen LogP contribution in [0.2, 0.25) is 0 Å². The van der Waals surface area contributed by atoms with Crippen molar-refractivity contribution in [2.75, 3.05) is 5.75 Å². The molecule has 0 atom stereocenters. The van der Waals surface area contributed by atoms with Gasteiger partial charge in [0.2, 0.25) is 0 Å². The number of carbonyl (C=O) groups is 3. The summed E-state index contributed by atoms with van der Waals surface area (Å²) in [4.78, 5) is 43.4. The van der Waals surface area contributed by atoms with Crippen LogP contribution >= 0.6 is 21.6 Å². The molecule has 0 aromatic carbocycles. The third-order valence-corrected chi connectivity index (χ3v) is 5.94. The lowest BCUT2D eigenvalue weighted by Gasteiger charge is -2.12. The number of unbranched alkanes of at least 4 members (excludes halogenated alkanes) is 4. The van der Waals surface area contributed by atoms with Crippen LogP contribution in [0.15, 0.2) is 29.4 Å². The van der Waals surface area contributed by atoms with Crippen molar-refractivity contribution in [3.63, 3.8) is 0 Å². The van der Waals surface area contributed by atoms with Gasteiger partial charge in [0, 0.05) is 31.2 Å². The molecule has 0 unspecified atom stereocenters. The number of nitrogens with zero attached hydrogens (tertiary/aromatic N) is 2. The van der Waals surface area contributed by atoms with Crippen LogP contribution in [0.4, 0.5) is 0 Å². The zero-order valence-electron chi connectivity index (χ0n) is 14.0. The third kappa shape index (κ3) is 7.48. The average molecular weight is 383 g/mol. The molecule has 0 radical (unpaired) electrons. The second-order valence-electron chi connectivity index (χ2n) is 5.64. The number of pyridine rings is 1. The number of hydrogen-bond donors (Lipinski definition) is 0. The number of rotatable bonds is 11. The van der Waals surface area contributed by atoms with E-state index in [0.717, 1.165) is 36.5 Å². The standard InChI is InChI=1S/C17H22N2O4S2/c20-15-10-11-16(21)19(15)23-17(22)9-4-2-1-3-7-13-24-25-14-8-5-6-12-18-14/h5-6,8,12H,1-4,7,9-11,13H2. The Balaban J connectivity index is 1.42. The predicted octanol–water partition coefficient (Wildman–Crippen LogP) is 3.77. The van der Waals surface area contributed by atoms with Crippen molar-refractivity contribution in [2.24, 2.45) is 0 Å². The van der Waals surface area contributed by atoms with E-state index in [1.807, 2.05) is 18.2 Å². The van der Waals surface area contributed by atoms with Crippen molar-refractivity contribution in [3.05, 3.63) is 24.4 Å². The monoisotopic (exact) mass is 382 g/mol. The average Bonchev–Trinajstić information content (AvgIpc) is 2.93. The summed E-state index contributed by atoms with van der Waals surface area (Å²) in [5, 5.41) is 1.64. The molecule has 6 nitrogen and oxygen atoms in total. The Morgan fingerprint density at radius 1 is 1.08 bits per heavy atom. The number of aromatic nitrogens is 1. The summed E-state index contributed by atoms with van der Waals surface area (Å²) >= 11 is 0. The van der Waals surface area contributed by atoms with Crippen molar-refractivity contribution < 1.29 is 19.2 Å². The fourth-order valence-corrected chi connectivity index (χ4v) is 4.29. The van der Waals surface area contributed by atoms with Crippen molar-refractivity contribution in [2.45, 2.75) is 56.4 Å². The molecular weight excluding hydrogens is 360 g/mol. The summed E-state index contributed by atoms with van der Waals surface area (Å²) in [5.41, 5.74) is 0.